The topological polar surface area (TPSA) is 67.4 Å². The first-order valence-corrected chi connectivity index (χ1v) is 8.58. The van der Waals surface area contributed by atoms with Gasteiger partial charge in [-0.1, -0.05) is 20.8 Å². The van der Waals surface area contributed by atoms with Crippen LogP contribution in [0.3, 0.4) is 0 Å². The summed E-state index contributed by atoms with van der Waals surface area (Å²) in [6, 6.07) is 0. The lowest BCUT2D eigenvalue weighted by atomic mass is 10.1. The van der Waals surface area contributed by atoms with Gasteiger partial charge in [0, 0.05) is 13.1 Å². The van der Waals surface area contributed by atoms with Crippen LogP contribution in [0.25, 0.3) is 0 Å². The molecular weight excluding hydrogens is 288 g/mol. The number of hydrogen-bond acceptors (Lipinski definition) is 4. The van der Waals surface area contributed by atoms with Gasteiger partial charge in [0.25, 0.3) is 0 Å². The molecule has 0 aromatic carbocycles. The van der Waals surface area contributed by atoms with Gasteiger partial charge in [-0.3, -0.25) is 4.79 Å². The van der Waals surface area contributed by atoms with Crippen molar-refractivity contribution in [2.75, 3.05) is 18.8 Å². The number of carbonyl (C=O) groups excluding carboxylic acids is 2. The minimum absolute atomic E-state index is 0.00573. The van der Waals surface area contributed by atoms with E-state index < -0.39 is 11.7 Å². The Hall–Kier alpha value is -0.910. The van der Waals surface area contributed by atoms with E-state index in [2.05, 4.69) is 31.4 Å². The van der Waals surface area contributed by atoms with Crippen LogP contribution in [0.2, 0.25) is 0 Å². The number of thioether (sulfide) groups is 1. The summed E-state index contributed by atoms with van der Waals surface area (Å²) in [5, 5.41) is 5.59. The molecule has 6 heteroatoms. The summed E-state index contributed by atoms with van der Waals surface area (Å²) in [5.41, 5.74) is -0.486. The maximum absolute atomic E-state index is 12.0. The SMILES string of the molecule is CCSC(C(=O)NCCCNC(=O)OC(C)(C)C)C(C)C. The summed E-state index contributed by atoms with van der Waals surface area (Å²) in [6.45, 7) is 12.7. The maximum Gasteiger partial charge on any atom is 0.407 e. The van der Waals surface area contributed by atoms with E-state index in [0.717, 1.165) is 5.75 Å². The zero-order valence-corrected chi connectivity index (χ0v) is 14.9. The molecule has 0 aromatic rings. The lowest BCUT2D eigenvalue weighted by Gasteiger charge is -2.20. The Balaban J connectivity index is 3.84. The predicted octanol–water partition coefficient (Wildman–Crippen LogP) is 2.80. The number of carbonyl (C=O) groups is 2. The van der Waals surface area contributed by atoms with Crippen molar-refractivity contribution in [3.8, 4) is 0 Å². The van der Waals surface area contributed by atoms with Crippen molar-refractivity contribution in [3.63, 3.8) is 0 Å². The predicted molar refractivity (Wildman–Crippen MR) is 88.6 cm³/mol. The zero-order chi connectivity index (χ0) is 16.5. The molecule has 0 aromatic heterocycles. The van der Waals surface area contributed by atoms with Gasteiger partial charge in [-0.25, -0.2) is 4.79 Å². The first-order valence-electron chi connectivity index (χ1n) is 7.53. The van der Waals surface area contributed by atoms with Gasteiger partial charge in [0.1, 0.15) is 5.60 Å². The van der Waals surface area contributed by atoms with Gasteiger partial charge in [-0.15, -0.1) is 11.8 Å². The minimum atomic E-state index is -0.486. The molecule has 2 N–H and O–H groups in total. The van der Waals surface area contributed by atoms with Gasteiger partial charge in [-0.2, -0.15) is 0 Å². The van der Waals surface area contributed by atoms with E-state index in [1.165, 1.54) is 0 Å². The molecule has 0 aliphatic rings. The molecule has 0 rings (SSSR count). The number of ether oxygens (including phenoxy) is 1. The summed E-state index contributed by atoms with van der Waals surface area (Å²) in [4.78, 5) is 23.4. The van der Waals surface area contributed by atoms with Crippen molar-refractivity contribution in [2.45, 2.75) is 58.8 Å². The molecule has 1 atom stereocenters. The molecule has 21 heavy (non-hydrogen) atoms. The van der Waals surface area contributed by atoms with Gasteiger partial charge in [0.05, 0.1) is 5.25 Å². The molecule has 0 fully saturated rings. The fourth-order valence-corrected chi connectivity index (χ4v) is 2.63. The molecule has 2 amide bonds. The number of hydrogen-bond donors (Lipinski definition) is 2. The van der Waals surface area contributed by atoms with Crippen LogP contribution in [0.15, 0.2) is 0 Å². The zero-order valence-electron chi connectivity index (χ0n) is 14.1. The van der Waals surface area contributed by atoms with Crippen LogP contribution in [-0.2, 0) is 9.53 Å². The normalized spacial score (nSPS) is 12.9. The lowest BCUT2D eigenvalue weighted by Crippen LogP contribution is -2.38. The van der Waals surface area contributed by atoms with Crippen molar-refractivity contribution >= 4 is 23.8 Å². The number of alkyl carbamates (subject to hydrolysis) is 1. The molecule has 0 radical (unpaired) electrons. The van der Waals surface area contributed by atoms with Crippen LogP contribution in [0.1, 0.15) is 48.0 Å². The first-order chi connectivity index (χ1) is 9.67. The van der Waals surface area contributed by atoms with E-state index >= 15 is 0 Å². The number of nitrogens with one attached hydrogen (secondary N) is 2. The summed E-state index contributed by atoms with van der Waals surface area (Å²) >= 11 is 1.67. The highest BCUT2D eigenvalue weighted by molar-refractivity contribution is 8.00. The fourth-order valence-electron chi connectivity index (χ4n) is 1.66. The van der Waals surface area contributed by atoms with Crippen LogP contribution < -0.4 is 10.6 Å². The summed E-state index contributed by atoms with van der Waals surface area (Å²) in [5.74, 6) is 1.32. The highest BCUT2D eigenvalue weighted by Crippen LogP contribution is 2.19. The highest BCUT2D eigenvalue weighted by Gasteiger charge is 2.21. The Morgan fingerprint density at radius 2 is 1.71 bits per heavy atom. The van der Waals surface area contributed by atoms with Crippen molar-refractivity contribution < 1.29 is 14.3 Å². The Labute approximate surface area is 133 Å². The molecule has 0 bridgehead atoms. The summed E-state index contributed by atoms with van der Waals surface area (Å²) in [6.07, 6.45) is 0.266. The van der Waals surface area contributed by atoms with Crippen LogP contribution in [0, 0.1) is 5.92 Å². The summed E-state index contributed by atoms with van der Waals surface area (Å²) in [7, 11) is 0. The van der Waals surface area contributed by atoms with E-state index in [0.29, 0.717) is 25.4 Å². The third-order valence-electron chi connectivity index (χ3n) is 2.53. The van der Waals surface area contributed by atoms with E-state index in [-0.39, 0.29) is 11.2 Å². The molecule has 0 saturated heterocycles. The molecule has 124 valence electrons. The second kappa shape index (κ2) is 9.92. The van der Waals surface area contributed by atoms with Gasteiger partial charge in [0.15, 0.2) is 0 Å². The third-order valence-corrected chi connectivity index (χ3v) is 3.98. The van der Waals surface area contributed by atoms with Gasteiger partial charge < -0.3 is 15.4 Å². The third kappa shape index (κ3) is 10.5. The van der Waals surface area contributed by atoms with E-state index in [4.69, 9.17) is 4.74 Å². The van der Waals surface area contributed by atoms with E-state index in [9.17, 15) is 9.59 Å². The van der Waals surface area contributed by atoms with Gasteiger partial charge in [-0.05, 0) is 38.9 Å². The average molecular weight is 318 g/mol. The fraction of sp³-hybridized carbons (Fsp3) is 0.867. The Kier molecular flexibility index (Phi) is 9.49. The molecule has 0 aliphatic carbocycles. The van der Waals surface area contributed by atoms with Crippen molar-refractivity contribution in [1.82, 2.24) is 10.6 Å². The first kappa shape index (κ1) is 20.1. The molecule has 1 unspecified atom stereocenters. The monoisotopic (exact) mass is 318 g/mol. The second-order valence-corrected chi connectivity index (χ2v) is 7.61. The van der Waals surface area contributed by atoms with Crippen LogP contribution >= 0.6 is 11.8 Å². The highest BCUT2D eigenvalue weighted by atomic mass is 32.2. The lowest BCUT2D eigenvalue weighted by molar-refractivity contribution is -0.121. The molecule has 0 saturated carbocycles. The quantitative estimate of drug-likeness (QED) is 0.675. The molecule has 0 spiro atoms. The van der Waals surface area contributed by atoms with Gasteiger partial charge in [0.2, 0.25) is 5.91 Å². The number of rotatable bonds is 8. The molecule has 5 nitrogen and oxygen atoms in total. The molecule has 0 heterocycles. The van der Waals surface area contributed by atoms with Crippen molar-refractivity contribution in [2.24, 2.45) is 5.92 Å². The molecular formula is C15H30N2O3S. The van der Waals surface area contributed by atoms with Crippen LogP contribution in [0.4, 0.5) is 4.79 Å². The maximum atomic E-state index is 12.0. The van der Waals surface area contributed by atoms with Gasteiger partial charge >= 0.3 is 6.09 Å². The largest absolute Gasteiger partial charge is 0.444 e. The number of amides is 2. The van der Waals surface area contributed by atoms with E-state index in [1.807, 2.05) is 20.8 Å². The summed E-state index contributed by atoms with van der Waals surface area (Å²) < 4.78 is 5.13. The Morgan fingerprint density at radius 3 is 2.19 bits per heavy atom. The average Bonchev–Trinajstić information content (AvgIpc) is 2.32. The Bertz CT molecular complexity index is 327. The van der Waals surface area contributed by atoms with Crippen molar-refractivity contribution in [3.05, 3.63) is 0 Å². The van der Waals surface area contributed by atoms with Crippen molar-refractivity contribution in [1.29, 1.82) is 0 Å². The Morgan fingerprint density at radius 1 is 1.14 bits per heavy atom. The van der Waals surface area contributed by atoms with Crippen LogP contribution in [-0.4, -0.2) is 41.7 Å². The minimum Gasteiger partial charge on any atom is -0.444 e. The second-order valence-electron chi connectivity index (χ2n) is 6.19. The van der Waals surface area contributed by atoms with E-state index in [1.54, 1.807) is 11.8 Å². The smallest absolute Gasteiger partial charge is 0.407 e. The molecule has 0 aliphatic heterocycles. The standard InChI is InChI=1S/C15H30N2O3S/c1-7-21-12(11(2)3)13(18)16-9-8-10-17-14(19)20-15(4,5)6/h11-12H,7-10H2,1-6H3,(H,16,18)(H,17,19). The van der Waals surface area contributed by atoms with Crippen LogP contribution in [0.5, 0.6) is 0 Å².